The van der Waals surface area contributed by atoms with Gasteiger partial charge >= 0.3 is 6.36 Å². The molecule has 0 amide bonds. The van der Waals surface area contributed by atoms with Gasteiger partial charge in [0.25, 0.3) is 0 Å². The van der Waals surface area contributed by atoms with E-state index in [9.17, 15) is 13.2 Å². The van der Waals surface area contributed by atoms with Crippen LogP contribution in [0.15, 0.2) is 24.3 Å². The van der Waals surface area contributed by atoms with Gasteiger partial charge in [0.05, 0.1) is 0 Å². The third-order valence-electron chi connectivity index (χ3n) is 6.92. The van der Waals surface area contributed by atoms with Crippen molar-refractivity contribution in [2.45, 2.75) is 83.0 Å². The van der Waals surface area contributed by atoms with Crippen LogP contribution in [-0.4, -0.2) is 12.4 Å². The van der Waals surface area contributed by atoms with Gasteiger partial charge in [-0.2, -0.15) is 0 Å². The monoisotopic (exact) mass is 383 g/mol. The van der Waals surface area contributed by atoms with Crippen molar-refractivity contribution in [2.75, 3.05) is 0 Å². The summed E-state index contributed by atoms with van der Waals surface area (Å²) in [5.41, 5.74) is 7.37. The third kappa shape index (κ3) is 5.63. The molecule has 0 saturated heterocycles. The molecule has 2 nitrogen and oxygen atoms in total. The number of nitrogens with two attached hydrogens (primary N) is 1. The second-order valence-electron chi connectivity index (χ2n) is 8.48. The van der Waals surface area contributed by atoms with Crippen LogP contribution in [0, 0.1) is 17.8 Å². The van der Waals surface area contributed by atoms with Crippen molar-refractivity contribution < 1.29 is 17.9 Å². The Hall–Kier alpha value is -1.23. The quantitative estimate of drug-likeness (QED) is 0.638. The van der Waals surface area contributed by atoms with Crippen LogP contribution in [0.4, 0.5) is 13.2 Å². The van der Waals surface area contributed by atoms with E-state index in [1.807, 2.05) is 0 Å². The van der Waals surface area contributed by atoms with Crippen molar-refractivity contribution in [2.24, 2.45) is 23.5 Å². The molecule has 2 N–H and O–H groups in total. The fourth-order valence-electron chi connectivity index (χ4n) is 5.24. The zero-order valence-corrected chi connectivity index (χ0v) is 16.2. The van der Waals surface area contributed by atoms with Crippen LogP contribution >= 0.6 is 0 Å². The maximum Gasteiger partial charge on any atom is 0.573 e. The van der Waals surface area contributed by atoms with Crippen LogP contribution in [-0.2, 0) is 0 Å². The number of hydrogen-bond acceptors (Lipinski definition) is 2. The van der Waals surface area contributed by atoms with Gasteiger partial charge in [-0.25, -0.2) is 0 Å². The summed E-state index contributed by atoms with van der Waals surface area (Å²) in [6.45, 7) is 2.18. The number of benzene rings is 1. The molecule has 0 aliphatic heterocycles. The Labute approximate surface area is 160 Å². The maximum absolute atomic E-state index is 12.3. The van der Waals surface area contributed by atoms with Crippen LogP contribution in [0.2, 0.25) is 0 Å². The van der Waals surface area contributed by atoms with Gasteiger partial charge in [-0.05, 0) is 99.2 Å². The molecular formula is C22H32F3NO. The molecule has 2 fully saturated rings. The molecular weight excluding hydrogens is 351 g/mol. The molecule has 1 aromatic rings. The molecule has 2 aliphatic rings. The molecule has 27 heavy (non-hydrogen) atoms. The average Bonchev–Trinajstić information content (AvgIpc) is 2.67. The highest BCUT2D eigenvalue weighted by atomic mass is 19.4. The lowest BCUT2D eigenvalue weighted by atomic mass is 9.67. The highest BCUT2D eigenvalue weighted by molar-refractivity contribution is 5.29. The largest absolute Gasteiger partial charge is 0.573 e. The first-order valence-electron chi connectivity index (χ1n) is 10.5. The van der Waals surface area contributed by atoms with Gasteiger partial charge < -0.3 is 10.5 Å². The standard InChI is InChI=1S/C22H32F3NO/c1-2-21(26)19-9-7-17(8-10-19)15-3-5-16(6-4-15)18-11-13-20(14-12-18)27-22(23,24)25/h11-17,19,21H,2-10,26H2,1H3. The minimum atomic E-state index is -4.63. The van der Waals surface area contributed by atoms with Crippen LogP contribution in [0.25, 0.3) is 0 Å². The van der Waals surface area contributed by atoms with E-state index in [1.54, 1.807) is 12.1 Å². The van der Waals surface area contributed by atoms with E-state index in [4.69, 9.17) is 5.73 Å². The van der Waals surface area contributed by atoms with E-state index < -0.39 is 6.36 Å². The number of halogens is 3. The van der Waals surface area contributed by atoms with E-state index >= 15 is 0 Å². The van der Waals surface area contributed by atoms with Crippen LogP contribution in [0.5, 0.6) is 5.75 Å². The Morgan fingerprint density at radius 1 is 0.926 bits per heavy atom. The Morgan fingerprint density at radius 2 is 1.44 bits per heavy atom. The van der Waals surface area contributed by atoms with Crippen LogP contribution in [0.1, 0.15) is 76.2 Å². The first-order valence-corrected chi connectivity index (χ1v) is 10.5. The normalized spacial score (nSPS) is 30.7. The minimum absolute atomic E-state index is 0.137. The molecule has 1 aromatic carbocycles. The van der Waals surface area contributed by atoms with E-state index in [1.165, 1.54) is 50.7 Å². The lowest BCUT2D eigenvalue weighted by Gasteiger charge is -2.39. The minimum Gasteiger partial charge on any atom is -0.406 e. The van der Waals surface area contributed by atoms with E-state index in [0.717, 1.165) is 36.7 Å². The van der Waals surface area contributed by atoms with Gasteiger partial charge in [0, 0.05) is 6.04 Å². The van der Waals surface area contributed by atoms with E-state index in [2.05, 4.69) is 11.7 Å². The summed E-state index contributed by atoms with van der Waals surface area (Å²) in [5.74, 6) is 2.69. The Bertz CT molecular complexity index is 570. The topological polar surface area (TPSA) is 35.2 Å². The van der Waals surface area contributed by atoms with E-state index in [-0.39, 0.29) is 5.75 Å². The number of alkyl halides is 3. The SMILES string of the molecule is CCC(N)C1CCC(C2CCC(c3ccc(OC(F)(F)F)cc3)CC2)CC1. The zero-order chi connectivity index (χ0) is 19.4. The van der Waals surface area contributed by atoms with Crippen LogP contribution in [0.3, 0.4) is 0 Å². The molecule has 0 spiro atoms. The third-order valence-corrected chi connectivity index (χ3v) is 6.92. The highest BCUT2D eigenvalue weighted by Crippen LogP contribution is 2.44. The number of rotatable bonds is 5. The molecule has 3 rings (SSSR count). The van der Waals surface area contributed by atoms with Crippen molar-refractivity contribution in [3.8, 4) is 5.75 Å². The maximum atomic E-state index is 12.3. The van der Waals surface area contributed by atoms with Gasteiger partial charge in [0.1, 0.15) is 5.75 Å². The predicted octanol–water partition coefficient (Wildman–Crippen LogP) is 6.40. The Morgan fingerprint density at radius 3 is 1.93 bits per heavy atom. The van der Waals surface area contributed by atoms with Crippen molar-refractivity contribution in [3.63, 3.8) is 0 Å². The lowest BCUT2D eigenvalue weighted by molar-refractivity contribution is -0.274. The lowest BCUT2D eigenvalue weighted by Crippen LogP contribution is -2.34. The van der Waals surface area contributed by atoms with Crippen LogP contribution < -0.4 is 10.5 Å². The van der Waals surface area contributed by atoms with Crippen molar-refractivity contribution in [3.05, 3.63) is 29.8 Å². The predicted molar refractivity (Wildman–Crippen MR) is 102 cm³/mol. The fourth-order valence-corrected chi connectivity index (χ4v) is 5.24. The molecule has 0 radical (unpaired) electrons. The molecule has 0 bridgehead atoms. The molecule has 0 aromatic heterocycles. The van der Waals surface area contributed by atoms with E-state index in [0.29, 0.717) is 17.9 Å². The fraction of sp³-hybridized carbons (Fsp3) is 0.727. The van der Waals surface area contributed by atoms with Gasteiger partial charge in [-0.15, -0.1) is 13.2 Å². The summed E-state index contributed by atoms with van der Waals surface area (Å²) in [5, 5.41) is 0. The molecule has 2 aliphatic carbocycles. The Kier molecular flexibility index (Phi) is 6.72. The summed E-state index contributed by atoms with van der Waals surface area (Å²) in [6.07, 6.45) is 6.39. The first-order chi connectivity index (χ1) is 12.9. The Balaban J connectivity index is 1.46. The van der Waals surface area contributed by atoms with Crippen molar-refractivity contribution >= 4 is 0 Å². The van der Waals surface area contributed by atoms with Crippen molar-refractivity contribution in [1.29, 1.82) is 0 Å². The van der Waals surface area contributed by atoms with Gasteiger partial charge in [0.2, 0.25) is 0 Å². The summed E-state index contributed by atoms with van der Waals surface area (Å²) >= 11 is 0. The second kappa shape index (κ2) is 8.85. The highest BCUT2D eigenvalue weighted by Gasteiger charge is 2.33. The molecule has 1 atom stereocenters. The molecule has 1 unspecified atom stereocenters. The summed E-state index contributed by atoms with van der Waals surface area (Å²) in [7, 11) is 0. The number of ether oxygens (including phenoxy) is 1. The number of hydrogen-bond donors (Lipinski definition) is 1. The van der Waals surface area contributed by atoms with Gasteiger partial charge in [-0.3, -0.25) is 0 Å². The molecule has 0 heterocycles. The molecule has 5 heteroatoms. The molecule has 2 saturated carbocycles. The summed E-state index contributed by atoms with van der Waals surface area (Å²) in [6, 6.07) is 6.83. The van der Waals surface area contributed by atoms with Crippen molar-refractivity contribution in [1.82, 2.24) is 0 Å². The zero-order valence-electron chi connectivity index (χ0n) is 16.2. The van der Waals surface area contributed by atoms with Gasteiger partial charge in [-0.1, -0.05) is 19.1 Å². The first kappa shape index (κ1) is 20.5. The summed E-state index contributed by atoms with van der Waals surface area (Å²) in [4.78, 5) is 0. The second-order valence-corrected chi connectivity index (χ2v) is 8.48. The average molecular weight is 383 g/mol. The summed E-state index contributed by atoms with van der Waals surface area (Å²) < 4.78 is 40.8. The van der Waals surface area contributed by atoms with Gasteiger partial charge in [0.15, 0.2) is 0 Å². The smallest absolute Gasteiger partial charge is 0.406 e. The molecule has 152 valence electrons.